The van der Waals surface area contributed by atoms with Gasteiger partial charge in [-0.1, -0.05) is 48.5 Å². The molecule has 0 fully saturated rings. The molecule has 0 spiro atoms. The van der Waals surface area contributed by atoms with E-state index in [9.17, 15) is 9.59 Å². The summed E-state index contributed by atoms with van der Waals surface area (Å²) in [6.07, 6.45) is 4.00. The van der Waals surface area contributed by atoms with E-state index in [4.69, 9.17) is 5.10 Å². The molecule has 2 aromatic carbocycles. The number of nitrogens with zero attached hydrogens (tertiary/aromatic N) is 4. The standard InChI is InChI=1S/C27H26N4O2/c1-27(2,3)31-25(29-15-9-10-16-29)22-17-30(18-23(22)28-31)26(33)21-14-8-7-13-20(21)24(32)19-11-5-4-6-12-19/h4-16H,17-18H2,1-3H3. The summed E-state index contributed by atoms with van der Waals surface area (Å²) in [5.74, 6) is 0.669. The molecule has 166 valence electrons. The van der Waals surface area contributed by atoms with E-state index in [-0.39, 0.29) is 17.2 Å². The van der Waals surface area contributed by atoms with Crippen LogP contribution in [0, 0.1) is 0 Å². The molecule has 2 aromatic heterocycles. The van der Waals surface area contributed by atoms with Gasteiger partial charge in [0.25, 0.3) is 5.91 Å². The van der Waals surface area contributed by atoms with Crippen LogP contribution in [-0.4, -0.2) is 30.9 Å². The fraction of sp³-hybridized carbons (Fsp3) is 0.222. The number of fused-ring (bicyclic) bond motifs is 1. The minimum Gasteiger partial charge on any atom is -0.328 e. The molecule has 33 heavy (non-hydrogen) atoms. The second-order valence-electron chi connectivity index (χ2n) is 9.32. The maximum Gasteiger partial charge on any atom is 0.255 e. The van der Waals surface area contributed by atoms with Crippen LogP contribution in [0.15, 0.2) is 79.1 Å². The zero-order valence-electron chi connectivity index (χ0n) is 19.0. The molecular formula is C27H26N4O2. The molecule has 0 N–H and O–H groups in total. The molecular weight excluding hydrogens is 412 g/mol. The van der Waals surface area contributed by atoms with Crippen molar-refractivity contribution in [3.05, 3.63) is 107 Å². The third kappa shape index (κ3) is 3.67. The van der Waals surface area contributed by atoms with Crippen LogP contribution in [0.25, 0.3) is 5.82 Å². The number of ketones is 1. The predicted octanol–water partition coefficient (Wildman–Crippen LogP) is 4.82. The molecule has 0 radical (unpaired) electrons. The van der Waals surface area contributed by atoms with Crippen LogP contribution in [0.1, 0.15) is 58.3 Å². The molecule has 3 heterocycles. The summed E-state index contributed by atoms with van der Waals surface area (Å²) in [6.45, 7) is 7.23. The summed E-state index contributed by atoms with van der Waals surface area (Å²) >= 11 is 0. The molecule has 1 amide bonds. The van der Waals surface area contributed by atoms with Crippen molar-refractivity contribution in [1.82, 2.24) is 19.2 Å². The minimum absolute atomic E-state index is 0.151. The van der Waals surface area contributed by atoms with Crippen molar-refractivity contribution in [3.63, 3.8) is 0 Å². The fourth-order valence-electron chi connectivity index (χ4n) is 4.34. The monoisotopic (exact) mass is 438 g/mol. The lowest BCUT2D eigenvalue weighted by Gasteiger charge is -2.25. The topological polar surface area (TPSA) is 60.1 Å². The van der Waals surface area contributed by atoms with Gasteiger partial charge in [-0.15, -0.1) is 0 Å². The van der Waals surface area contributed by atoms with Gasteiger partial charge < -0.3 is 9.47 Å². The van der Waals surface area contributed by atoms with E-state index in [0.717, 1.165) is 17.1 Å². The molecule has 4 aromatic rings. The summed E-state index contributed by atoms with van der Waals surface area (Å²) in [5, 5.41) is 4.88. The molecule has 6 nitrogen and oxygen atoms in total. The van der Waals surface area contributed by atoms with Crippen LogP contribution in [0.4, 0.5) is 0 Å². The lowest BCUT2D eigenvalue weighted by molar-refractivity contribution is 0.0744. The van der Waals surface area contributed by atoms with Crippen molar-refractivity contribution in [2.45, 2.75) is 39.4 Å². The average molecular weight is 439 g/mol. The van der Waals surface area contributed by atoms with Gasteiger partial charge in [-0.25, -0.2) is 4.68 Å². The number of benzene rings is 2. The fourth-order valence-corrected chi connectivity index (χ4v) is 4.34. The van der Waals surface area contributed by atoms with Crippen molar-refractivity contribution in [3.8, 4) is 5.82 Å². The van der Waals surface area contributed by atoms with Gasteiger partial charge in [0, 0.05) is 29.1 Å². The maximum absolute atomic E-state index is 13.6. The van der Waals surface area contributed by atoms with Gasteiger partial charge in [0.05, 0.1) is 29.9 Å². The van der Waals surface area contributed by atoms with Crippen molar-refractivity contribution in [2.24, 2.45) is 0 Å². The Hall–Kier alpha value is -3.93. The van der Waals surface area contributed by atoms with Gasteiger partial charge in [-0.3, -0.25) is 9.59 Å². The molecule has 0 unspecified atom stereocenters. The summed E-state index contributed by atoms with van der Waals surface area (Å²) < 4.78 is 4.09. The van der Waals surface area contributed by atoms with Gasteiger partial charge in [0.15, 0.2) is 5.78 Å². The van der Waals surface area contributed by atoms with Crippen LogP contribution in [0.3, 0.4) is 0 Å². The maximum atomic E-state index is 13.6. The highest BCUT2D eigenvalue weighted by Crippen LogP contribution is 2.33. The molecule has 0 saturated heterocycles. The van der Waals surface area contributed by atoms with E-state index >= 15 is 0 Å². The zero-order valence-corrected chi connectivity index (χ0v) is 19.0. The normalized spacial score (nSPS) is 13.2. The smallest absolute Gasteiger partial charge is 0.255 e. The Morgan fingerprint density at radius 1 is 0.818 bits per heavy atom. The van der Waals surface area contributed by atoms with E-state index in [0.29, 0.717) is 29.8 Å². The van der Waals surface area contributed by atoms with Crippen molar-refractivity contribution in [1.29, 1.82) is 0 Å². The lowest BCUT2D eigenvalue weighted by Crippen LogP contribution is -2.30. The Balaban J connectivity index is 1.49. The van der Waals surface area contributed by atoms with Gasteiger partial charge >= 0.3 is 0 Å². The third-order valence-corrected chi connectivity index (χ3v) is 5.94. The first-order valence-electron chi connectivity index (χ1n) is 11.1. The minimum atomic E-state index is -0.201. The third-order valence-electron chi connectivity index (χ3n) is 5.94. The Bertz CT molecular complexity index is 1330. The first kappa shape index (κ1) is 20.9. The molecule has 0 bridgehead atoms. The van der Waals surface area contributed by atoms with Crippen LogP contribution in [0.5, 0.6) is 0 Å². The van der Waals surface area contributed by atoms with E-state index in [2.05, 4.69) is 25.3 Å². The van der Waals surface area contributed by atoms with Crippen LogP contribution < -0.4 is 0 Å². The largest absolute Gasteiger partial charge is 0.328 e. The molecule has 0 aliphatic carbocycles. The molecule has 5 rings (SSSR count). The van der Waals surface area contributed by atoms with E-state index in [1.54, 1.807) is 41.3 Å². The number of hydrogen-bond acceptors (Lipinski definition) is 3. The first-order chi connectivity index (χ1) is 15.8. The van der Waals surface area contributed by atoms with Gasteiger partial charge in [0.2, 0.25) is 0 Å². The Labute approximate surface area is 193 Å². The van der Waals surface area contributed by atoms with Gasteiger partial charge in [-0.05, 0) is 39.0 Å². The summed E-state index contributed by atoms with van der Waals surface area (Å²) in [7, 11) is 0. The number of carbonyl (C=O) groups is 2. The van der Waals surface area contributed by atoms with Crippen LogP contribution >= 0.6 is 0 Å². The zero-order chi connectivity index (χ0) is 23.2. The summed E-state index contributed by atoms with van der Waals surface area (Å²) in [6, 6.07) is 20.1. The lowest BCUT2D eigenvalue weighted by atomic mass is 9.97. The van der Waals surface area contributed by atoms with Crippen molar-refractivity contribution in [2.75, 3.05) is 0 Å². The number of aromatic nitrogens is 3. The van der Waals surface area contributed by atoms with Gasteiger partial charge in [0.1, 0.15) is 5.82 Å². The molecule has 6 heteroatoms. The Morgan fingerprint density at radius 3 is 2.12 bits per heavy atom. The molecule has 1 aliphatic heterocycles. The number of hydrogen-bond donors (Lipinski definition) is 0. The summed E-state index contributed by atoms with van der Waals surface area (Å²) in [4.78, 5) is 28.5. The highest BCUT2D eigenvalue weighted by atomic mass is 16.2. The number of amides is 1. The predicted molar refractivity (Wildman–Crippen MR) is 126 cm³/mol. The highest BCUT2D eigenvalue weighted by Gasteiger charge is 2.34. The van der Waals surface area contributed by atoms with E-state index < -0.39 is 0 Å². The Morgan fingerprint density at radius 2 is 1.45 bits per heavy atom. The quantitative estimate of drug-likeness (QED) is 0.430. The number of carbonyl (C=O) groups excluding carboxylic acids is 2. The van der Waals surface area contributed by atoms with Crippen molar-refractivity contribution >= 4 is 11.7 Å². The molecule has 0 saturated carbocycles. The molecule has 0 atom stereocenters. The SMILES string of the molecule is CC(C)(C)n1nc2c(c1-n1cccc1)CN(C(=O)c1ccccc1C(=O)c1ccccc1)C2. The summed E-state index contributed by atoms with van der Waals surface area (Å²) in [5.41, 5.74) is 3.15. The molecule has 1 aliphatic rings. The van der Waals surface area contributed by atoms with Gasteiger partial charge in [-0.2, -0.15) is 5.10 Å². The highest BCUT2D eigenvalue weighted by molar-refractivity contribution is 6.15. The van der Waals surface area contributed by atoms with Crippen LogP contribution in [-0.2, 0) is 18.6 Å². The average Bonchev–Trinajstić information content (AvgIpc) is 3.54. The second kappa shape index (κ2) is 7.89. The Kier molecular flexibility index (Phi) is 5.01. The second-order valence-corrected chi connectivity index (χ2v) is 9.32. The first-order valence-corrected chi connectivity index (χ1v) is 11.1. The van der Waals surface area contributed by atoms with E-state index in [1.165, 1.54) is 0 Å². The van der Waals surface area contributed by atoms with Crippen molar-refractivity contribution < 1.29 is 9.59 Å². The number of rotatable bonds is 4. The van der Waals surface area contributed by atoms with Crippen LogP contribution in [0.2, 0.25) is 0 Å². The van der Waals surface area contributed by atoms with E-state index in [1.807, 2.05) is 47.4 Å².